The Morgan fingerprint density at radius 2 is 1.85 bits per heavy atom. The first-order valence-corrected chi connectivity index (χ1v) is 20.1. The van der Waals surface area contributed by atoms with E-state index in [1.54, 1.807) is 18.2 Å². The second-order valence-corrected chi connectivity index (χ2v) is 15.9. The average Bonchev–Trinajstić information content (AvgIpc) is 3.64. The Kier molecular flexibility index (Phi) is 13.5. The van der Waals surface area contributed by atoms with Gasteiger partial charge in [0, 0.05) is 57.1 Å². The molecular formula is C44H55ClFN5O2. The van der Waals surface area contributed by atoms with Crippen LogP contribution in [0.15, 0.2) is 54.2 Å². The van der Waals surface area contributed by atoms with Crippen molar-refractivity contribution in [1.82, 2.24) is 9.88 Å². The van der Waals surface area contributed by atoms with Gasteiger partial charge in [-0.15, -0.1) is 0 Å². The van der Waals surface area contributed by atoms with E-state index in [1.807, 2.05) is 25.1 Å². The van der Waals surface area contributed by atoms with Crippen molar-refractivity contribution in [2.45, 2.75) is 97.5 Å². The van der Waals surface area contributed by atoms with E-state index in [1.165, 1.54) is 17.6 Å². The number of aryl methyl sites for hydroxylation is 2. The zero-order valence-electron chi connectivity index (χ0n) is 31.8. The van der Waals surface area contributed by atoms with Crippen LogP contribution in [0, 0.1) is 35.9 Å². The summed E-state index contributed by atoms with van der Waals surface area (Å²) in [5.74, 6) is 2.82. The Labute approximate surface area is 320 Å². The van der Waals surface area contributed by atoms with E-state index in [0.717, 1.165) is 138 Å². The van der Waals surface area contributed by atoms with E-state index in [9.17, 15) is 4.79 Å². The van der Waals surface area contributed by atoms with Gasteiger partial charge in [-0.2, -0.15) is 5.26 Å². The third-order valence-electron chi connectivity index (χ3n) is 11.7. The van der Waals surface area contributed by atoms with Gasteiger partial charge in [0.05, 0.1) is 28.1 Å². The van der Waals surface area contributed by atoms with Crippen LogP contribution < -0.4 is 14.5 Å². The van der Waals surface area contributed by atoms with E-state index < -0.39 is 0 Å². The molecule has 0 N–H and O–H groups in total. The molecule has 0 bridgehead atoms. The zero-order valence-corrected chi connectivity index (χ0v) is 32.5. The predicted octanol–water partition coefficient (Wildman–Crippen LogP) is 9.72. The fourth-order valence-corrected chi connectivity index (χ4v) is 8.33. The van der Waals surface area contributed by atoms with Gasteiger partial charge in [-0.1, -0.05) is 44.7 Å². The summed E-state index contributed by atoms with van der Waals surface area (Å²) in [6.07, 6.45) is 14.9. The molecule has 1 atom stereocenters. The molecule has 2 aromatic carbocycles. The van der Waals surface area contributed by atoms with Crippen LogP contribution >= 0.6 is 11.6 Å². The maximum atomic E-state index is 15.1. The van der Waals surface area contributed by atoms with Crippen molar-refractivity contribution in [2.24, 2.45) is 11.8 Å². The number of nitrogens with zero attached hydrogens (tertiary/aromatic N) is 5. The number of hydrogen-bond donors (Lipinski definition) is 0. The smallest absolute Gasteiger partial charge is 0.151 e. The molecule has 0 radical (unpaired) electrons. The van der Waals surface area contributed by atoms with Crippen LogP contribution in [0.2, 0.25) is 5.02 Å². The fraction of sp³-hybridized carbons (Fsp3) is 0.523. The highest BCUT2D eigenvalue weighted by molar-refractivity contribution is 6.31. The molecule has 7 nitrogen and oxygen atoms in total. The standard InChI is InChI=1S/C44H55ClFN5O2/c1-4-31(2)23-37-25-43(41(46)24-32(37)3)50-21-19-49(20-22-50)28-34-17-18-51(29-34)44-16-12-36(30-52)42(48-44)8-6-5-7-33-9-13-38(14-10-33)53-39-15-11-35(27-47)40(45)26-39/h11-12,15-16,24-26,29-31,33,38H,4-10,13-14,17-23,28H2,1-3H3. The second-order valence-electron chi connectivity index (χ2n) is 15.5. The van der Waals surface area contributed by atoms with E-state index in [0.29, 0.717) is 28.0 Å². The first-order chi connectivity index (χ1) is 25.7. The molecule has 1 aliphatic carbocycles. The largest absolute Gasteiger partial charge is 0.490 e. The predicted molar refractivity (Wildman–Crippen MR) is 213 cm³/mol. The highest BCUT2D eigenvalue weighted by Gasteiger charge is 2.25. The molecule has 1 aromatic heterocycles. The molecule has 0 amide bonds. The normalized spacial score (nSPS) is 19.9. The minimum absolute atomic E-state index is 0.108. The number of nitriles is 1. The summed E-state index contributed by atoms with van der Waals surface area (Å²) < 4.78 is 21.3. The van der Waals surface area contributed by atoms with Crippen molar-refractivity contribution < 1.29 is 13.9 Å². The topological polar surface area (TPSA) is 72.7 Å². The van der Waals surface area contributed by atoms with Crippen LogP contribution in [-0.2, 0) is 12.8 Å². The third-order valence-corrected chi connectivity index (χ3v) is 12.0. The van der Waals surface area contributed by atoms with Gasteiger partial charge in [-0.25, -0.2) is 9.37 Å². The average molecular weight is 740 g/mol. The molecule has 6 rings (SSSR count). The van der Waals surface area contributed by atoms with Gasteiger partial charge in [0.1, 0.15) is 23.5 Å². The number of pyridine rings is 1. The summed E-state index contributed by atoms with van der Waals surface area (Å²) in [4.78, 5) is 23.8. The van der Waals surface area contributed by atoms with Crippen molar-refractivity contribution in [2.75, 3.05) is 49.1 Å². The lowest BCUT2D eigenvalue weighted by Gasteiger charge is -2.36. The van der Waals surface area contributed by atoms with Crippen molar-refractivity contribution in [3.63, 3.8) is 0 Å². The number of benzene rings is 2. The van der Waals surface area contributed by atoms with E-state index in [4.69, 9.17) is 26.6 Å². The number of unbranched alkanes of at least 4 members (excludes halogenated alkanes) is 1. The van der Waals surface area contributed by atoms with Crippen molar-refractivity contribution >= 4 is 29.4 Å². The fourth-order valence-electron chi connectivity index (χ4n) is 8.12. The number of halogens is 2. The Morgan fingerprint density at radius 3 is 2.57 bits per heavy atom. The number of rotatable bonds is 15. The number of ether oxygens (including phenoxy) is 1. The Bertz CT molecular complexity index is 1790. The number of hydrogen-bond acceptors (Lipinski definition) is 7. The second kappa shape index (κ2) is 18.4. The van der Waals surface area contributed by atoms with Crippen molar-refractivity contribution in [3.05, 3.63) is 93.0 Å². The molecule has 1 saturated carbocycles. The quantitative estimate of drug-likeness (QED) is 0.114. The Hall–Kier alpha value is -3.93. The molecular weight excluding hydrogens is 685 g/mol. The summed E-state index contributed by atoms with van der Waals surface area (Å²) in [7, 11) is 0. The number of anilines is 2. The third kappa shape index (κ3) is 10.2. The van der Waals surface area contributed by atoms with Crippen LogP contribution in [0.1, 0.15) is 104 Å². The van der Waals surface area contributed by atoms with Crippen molar-refractivity contribution in [3.8, 4) is 11.8 Å². The van der Waals surface area contributed by atoms with Gasteiger partial charge in [-0.3, -0.25) is 9.69 Å². The van der Waals surface area contributed by atoms with Gasteiger partial charge in [0.25, 0.3) is 0 Å². The van der Waals surface area contributed by atoms with Gasteiger partial charge < -0.3 is 14.5 Å². The molecule has 282 valence electrons. The van der Waals surface area contributed by atoms with E-state index in [-0.39, 0.29) is 11.9 Å². The van der Waals surface area contributed by atoms with Crippen LogP contribution in [0.5, 0.6) is 5.75 Å². The molecule has 1 unspecified atom stereocenters. The minimum Gasteiger partial charge on any atom is -0.490 e. The SMILES string of the molecule is CCC(C)Cc1cc(N2CCN(CC3=CN(c4ccc(C=O)c(CCCCC5CCC(Oc6ccc(C#N)c(Cl)c6)CC5)n4)CC3)CC2)c(F)cc1C. The first kappa shape index (κ1) is 38.8. The Balaban J connectivity index is 0.945. The van der Waals surface area contributed by atoms with Crippen molar-refractivity contribution in [1.29, 1.82) is 5.26 Å². The molecule has 3 aliphatic rings. The van der Waals surface area contributed by atoms with Gasteiger partial charge in [0.15, 0.2) is 6.29 Å². The Morgan fingerprint density at radius 1 is 1.06 bits per heavy atom. The van der Waals surface area contributed by atoms with Crippen LogP contribution in [0.4, 0.5) is 15.9 Å². The monoisotopic (exact) mass is 739 g/mol. The molecule has 0 spiro atoms. The van der Waals surface area contributed by atoms with Crippen LogP contribution in [0.25, 0.3) is 0 Å². The number of piperazine rings is 1. The minimum atomic E-state index is -0.108. The number of aldehydes is 1. The number of aromatic nitrogens is 1. The maximum Gasteiger partial charge on any atom is 0.151 e. The highest BCUT2D eigenvalue weighted by atomic mass is 35.5. The summed E-state index contributed by atoms with van der Waals surface area (Å²) in [6, 6.07) is 15.1. The number of carbonyl (C=O) groups is 1. The van der Waals surface area contributed by atoms with Crippen LogP contribution in [0.3, 0.4) is 0 Å². The molecule has 53 heavy (non-hydrogen) atoms. The molecule has 3 heterocycles. The van der Waals surface area contributed by atoms with E-state index >= 15 is 4.39 Å². The lowest BCUT2D eigenvalue weighted by atomic mass is 9.84. The van der Waals surface area contributed by atoms with E-state index in [2.05, 4.69) is 46.9 Å². The molecule has 2 aliphatic heterocycles. The molecule has 1 saturated heterocycles. The van der Waals surface area contributed by atoms with Crippen LogP contribution in [-0.4, -0.2) is 61.5 Å². The summed E-state index contributed by atoms with van der Waals surface area (Å²) in [6.45, 7) is 11.8. The van der Waals surface area contributed by atoms with Gasteiger partial charge in [-0.05, 0) is 123 Å². The zero-order chi connectivity index (χ0) is 37.3. The van der Waals surface area contributed by atoms with Gasteiger partial charge >= 0.3 is 0 Å². The summed E-state index contributed by atoms with van der Waals surface area (Å²) in [5, 5.41) is 9.54. The molecule has 2 fully saturated rings. The molecule has 9 heteroatoms. The summed E-state index contributed by atoms with van der Waals surface area (Å²) in [5.41, 5.74) is 6.50. The molecule has 3 aromatic rings. The lowest BCUT2D eigenvalue weighted by Crippen LogP contribution is -2.47. The van der Waals surface area contributed by atoms with Gasteiger partial charge in [0.2, 0.25) is 0 Å². The number of carbonyl (C=O) groups excluding carboxylic acids is 1. The lowest BCUT2D eigenvalue weighted by molar-refractivity contribution is 0.112. The first-order valence-electron chi connectivity index (χ1n) is 19.8. The maximum absolute atomic E-state index is 15.1. The summed E-state index contributed by atoms with van der Waals surface area (Å²) >= 11 is 6.18. The highest BCUT2D eigenvalue weighted by Crippen LogP contribution is 2.33.